The van der Waals surface area contributed by atoms with E-state index >= 15 is 0 Å². The molecule has 1 rings (SSSR count). The number of rotatable bonds is 3. The van der Waals surface area contributed by atoms with Crippen LogP contribution < -0.4 is 11.1 Å². The molecule has 0 aromatic heterocycles. The summed E-state index contributed by atoms with van der Waals surface area (Å²) in [5.74, 6) is -0.0821. The first-order valence-corrected chi connectivity index (χ1v) is 6.16. The van der Waals surface area contributed by atoms with E-state index < -0.39 is 5.60 Å². The van der Waals surface area contributed by atoms with Crippen molar-refractivity contribution in [3.8, 4) is 0 Å². The summed E-state index contributed by atoms with van der Waals surface area (Å²) >= 11 is 0. The van der Waals surface area contributed by atoms with Crippen molar-refractivity contribution in [2.45, 2.75) is 57.6 Å². The van der Waals surface area contributed by atoms with Gasteiger partial charge < -0.3 is 16.2 Å². The molecule has 4 nitrogen and oxygen atoms in total. The predicted molar refractivity (Wildman–Crippen MR) is 63.9 cm³/mol. The second kappa shape index (κ2) is 5.64. The average molecular weight is 228 g/mol. The molecule has 1 aliphatic carbocycles. The van der Waals surface area contributed by atoms with E-state index in [1.807, 2.05) is 0 Å². The standard InChI is InChI=1S/C12H24N2O2/c1-12(2,16)8-14-11(15)9-6-4-3-5-7-10(9)13/h9-10,16H,3-8,13H2,1-2H3,(H,14,15). The molecule has 2 atom stereocenters. The fourth-order valence-corrected chi connectivity index (χ4v) is 2.10. The lowest BCUT2D eigenvalue weighted by Gasteiger charge is -2.23. The van der Waals surface area contributed by atoms with Gasteiger partial charge in [-0.1, -0.05) is 19.3 Å². The second-order valence-corrected chi connectivity index (χ2v) is 5.44. The highest BCUT2D eigenvalue weighted by atomic mass is 16.3. The smallest absolute Gasteiger partial charge is 0.224 e. The third kappa shape index (κ3) is 4.49. The molecule has 16 heavy (non-hydrogen) atoms. The number of hydrogen-bond acceptors (Lipinski definition) is 3. The van der Waals surface area contributed by atoms with Crippen LogP contribution in [0.5, 0.6) is 0 Å². The summed E-state index contributed by atoms with van der Waals surface area (Å²) in [4.78, 5) is 11.9. The van der Waals surface area contributed by atoms with Gasteiger partial charge in [-0.05, 0) is 26.7 Å². The molecule has 0 aromatic rings. The van der Waals surface area contributed by atoms with Gasteiger partial charge in [0, 0.05) is 12.6 Å². The van der Waals surface area contributed by atoms with Crippen LogP contribution in [0.4, 0.5) is 0 Å². The molecular weight excluding hydrogens is 204 g/mol. The first kappa shape index (κ1) is 13.5. The minimum Gasteiger partial charge on any atom is -0.389 e. The molecule has 0 radical (unpaired) electrons. The summed E-state index contributed by atoms with van der Waals surface area (Å²) in [5.41, 5.74) is 5.14. The Kier molecular flexibility index (Phi) is 4.74. The molecule has 1 amide bonds. The molecule has 0 aromatic carbocycles. The number of nitrogens with one attached hydrogen (secondary N) is 1. The fraction of sp³-hybridized carbons (Fsp3) is 0.917. The van der Waals surface area contributed by atoms with Crippen molar-refractivity contribution in [2.24, 2.45) is 11.7 Å². The van der Waals surface area contributed by atoms with Gasteiger partial charge in [0.15, 0.2) is 0 Å². The van der Waals surface area contributed by atoms with Crippen LogP contribution in [0.3, 0.4) is 0 Å². The molecule has 0 heterocycles. The number of hydrogen-bond donors (Lipinski definition) is 3. The molecule has 2 unspecified atom stereocenters. The van der Waals surface area contributed by atoms with Gasteiger partial charge in [0.1, 0.15) is 0 Å². The van der Waals surface area contributed by atoms with E-state index in [2.05, 4.69) is 5.32 Å². The highest BCUT2D eigenvalue weighted by Gasteiger charge is 2.27. The largest absolute Gasteiger partial charge is 0.389 e. The molecule has 1 aliphatic rings. The molecule has 4 heteroatoms. The van der Waals surface area contributed by atoms with Crippen molar-refractivity contribution in [1.29, 1.82) is 0 Å². The minimum atomic E-state index is -0.857. The lowest BCUT2D eigenvalue weighted by molar-refractivity contribution is -0.126. The molecular formula is C12H24N2O2. The predicted octanol–water partition coefficient (Wildman–Crippen LogP) is 0.781. The first-order chi connectivity index (χ1) is 7.40. The molecule has 94 valence electrons. The molecule has 0 aliphatic heterocycles. The van der Waals surface area contributed by atoms with E-state index in [-0.39, 0.29) is 24.4 Å². The van der Waals surface area contributed by atoms with Crippen molar-refractivity contribution in [3.05, 3.63) is 0 Å². The van der Waals surface area contributed by atoms with Crippen LogP contribution in [0.25, 0.3) is 0 Å². The SMILES string of the molecule is CC(C)(O)CNC(=O)C1CCCCCC1N. The van der Waals surface area contributed by atoms with Crippen LogP contribution in [0.2, 0.25) is 0 Å². The first-order valence-electron chi connectivity index (χ1n) is 6.16. The Balaban J connectivity index is 2.45. The lowest BCUT2D eigenvalue weighted by atomic mass is 9.94. The van der Waals surface area contributed by atoms with Crippen LogP contribution in [0, 0.1) is 5.92 Å². The van der Waals surface area contributed by atoms with E-state index in [0.29, 0.717) is 0 Å². The molecule has 4 N–H and O–H groups in total. The van der Waals surface area contributed by atoms with E-state index in [4.69, 9.17) is 5.73 Å². The Morgan fingerprint density at radius 1 is 1.38 bits per heavy atom. The van der Waals surface area contributed by atoms with Crippen LogP contribution >= 0.6 is 0 Å². The highest BCUT2D eigenvalue weighted by Crippen LogP contribution is 2.22. The summed E-state index contributed by atoms with van der Waals surface area (Å²) in [7, 11) is 0. The van der Waals surface area contributed by atoms with Crippen LogP contribution in [-0.4, -0.2) is 29.2 Å². The van der Waals surface area contributed by atoms with Gasteiger partial charge in [-0.3, -0.25) is 4.79 Å². The monoisotopic (exact) mass is 228 g/mol. The zero-order valence-corrected chi connectivity index (χ0v) is 10.3. The maximum atomic E-state index is 11.9. The van der Waals surface area contributed by atoms with Gasteiger partial charge in [0.05, 0.1) is 11.5 Å². The third-order valence-corrected chi connectivity index (χ3v) is 3.10. The average Bonchev–Trinajstić information content (AvgIpc) is 2.38. The molecule has 0 saturated heterocycles. The Morgan fingerprint density at radius 3 is 2.62 bits per heavy atom. The summed E-state index contributed by atoms with van der Waals surface area (Å²) in [6.07, 6.45) is 5.17. The van der Waals surface area contributed by atoms with E-state index in [1.165, 1.54) is 6.42 Å². The van der Waals surface area contributed by atoms with Crippen molar-refractivity contribution < 1.29 is 9.90 Å². The van der Waals surface area contributed by atoms with E-state index in [0.717, 1.165) is 25.7 Å². The number of carbonyl (C=O) groups excluding carboxylic acids is 1. The van der Waals surface area contributed by atoms with E-state index in [1.54, 1.807) is 13.8 Å². The Bertz CT molecular complexity index is 236. The summed E-state index contributed by atoms with van der Waals surface area (Å²) in [5, 5.41) is 12.3. The van der Waals surface area contributed by atoms with Crippen LogP contribution in [0.1, 0.15) is 46.0 Å². The van der Waals surface area contributed by atoms with Gasteiger partial charge >= 0.3 is 0 Å². The zero-order chi connectivity index (χ0) is 12.2. The van der Waals surface area contributed by atoms with Crippen LogP contribution in [0.15, 0.2) is 0 Å². The van der Waals surface area contributed by atoms with Crippen molar-refractivity contribution >= 4 is 5.91 Å². The number of nitrogens with two attached hydrogens (primary N) is 1. The topological polar surface area (TPSA) is 75.3 Å². The minimum absolute atomic E-state index is 0.00322. The maximum Gasteiger partial charge on any atom is 0.224 e. The Labute approximate surface area is 97.6 Å². The molecule has 1 fully saturated rings. The second-order valence-electron chi connectivity index (χ2n) is 5.44. The van der Waals surface area contributed by atoms with Gasteiger partial charge in [0.25, 0.3) is 0 Å². The maximum absolute atomic E-state index is 11.9. The van der Waals surface area contributed by atoms with Gasteiger partial charge in [0.2, 0.25) is 5.91 Å². The Morgan fingerprint density at radius 2 is 2.00 bits per heavy atom. The highest BCUT2D eigenvalue weighted by molar-refractivity contribution is 5.79. The molecule has 0 bridgehead atoms. The normalized spacial score (nSPS) is 27.2. The summed E-state index contributed by atoms with van der Waals surface area (Å²) in [6.45, 7) is 3.65. The van der Waals surface area contributed by atoms with Gasteiger partial charge in [-0.25, -0.2) is 0 Å². The van der Waals surface area contributed by atoms with Crippen LogP contribution in [-0.2, 0) is 4.79 Å². The third-order valence-electron chi connectivity index (χ3n) is 3.10. The Hall–Kier alpha value is -0.610. The quantitative estimate of drug-likeness (QED) is 0.625. The van der Waals surface area contributed by atoms with E-state index in [9.17, 15) is 9.90 Å². The molecule has 1 saturated carbocycles. The van der Waals surface area contributed by atoms with Gasteiger partial charge in [-0.2, -0.15) is 0 Å². The van der Waals surface area contributed by atoms with Crippen molar-refractivity contribution in [2.75, 3.05) is 6.54 Å². The van der Waals surface area contributed by atoms with Gasteiger partial charge in [-0.15, -0.1) is 0 Å². The fourth-order valence-electron chi connectivity index (χ4n) is 2.10. The number of aliphatic hydroxyl groups is 1. The van der Waals surface area contributed by atoms with Crippen molar-refractivity contribution in [3.63, 3.8) is 0 Å². The lowest BCUT2D eigenvalue weighted by Crippen LogP contribution is -2.45. The van der Waals surface area contributed by atoms with Crippen molar-refractivity contribution in [1.82, 2.24) is 5.32 Å². The summed E-state index contributed by atoms with van der Waals surface area (Å²) < 4.78 is 0. The number of amides is 1. The zero-order valence-electron chi connectivity index (χ0n) is 10.3. The summed E-state index contributed by atoms with van der Waals surface area (Å²) in [6, 6.07) is -0.0238. The molecule has 0 spiro atoms. The number of carbonyl (C=O) groups is 1.